The fraction of sp³-hybridized carbons (Fsp3) is 0.190. The molecule has 0 saturated carbocycles. The number of aromatic carboxylic acids is 2. The molecule has 0 aliphatic carbocycles. The molecule has 0 fully saturated rings. The Labute approximate surface area is 450 Å². The topological polar surface area (TPSA) is 179 Å². The molecule has 9 aromatic rings. The predicted molar refractivity (Wildman–Crippen MR) is 302 cm³/mol. The first-order valence-electron chi connectivity index (χ1n) is 24.8. The van der Waals surface area contributed by atoms with Crippen LogP contribution in [0.3, 0.4) is 0 Å². The number of aryl methyl sites for hydroxylation is 7. The van der Waals surface area contributed by atoms with Crippen molar-refractivity contribution in [1.29, 1.82) is 0 Å². The van der Waals surface area contributed by atoms with Gasteiger partial charge in [-0.2, -0.15) is 0 Å². The molecule has 77 heavy (non-hydrogen) atoms. The highest BCUT2D eigenvalue weighted by atomic mass is 16.5. The summed E-state index contributed by atoms with van der Waals surface area (Å²) in [7, 11) is 8.79. The summed E-state index contributed by atoms with van der Waals surface area (Å²) in [5, 5.41) is 19.3. The average molecular weight is 1030 g/mol. The van der Waals surface area contributed by atoms with Crippen molar-refractivity contribution in [2.45, 2.75) is 46.1 Å². The maximum absolute atomic E-state index is 13.3. The van der Waals surface area contributed by atoms with E-state index >= 15 is 0 Å². The van der Waals surface area contributed by atoms with Gasteiger partial charge in [-0.25, -0.2) is 9.59 Å². The zero-order valence-corrected chi connectivity index (χ0v) is 44.5. The van der Waals surface area contributed by atoms with Crippen LogP contribution in [-0.2, 0) is 39.3 Å². The van der Waals surface area contributed by atoms with Gasteiger partial charge >= 0.3 is 11.9 Å². The lowest BCUT2D eigenvalue weighted by molar-refractivity contribution is 0.0684. The number of carbonyl (C=O) groups excluding carboxylic acids is 1. The number of hydrogen-bond acceptors (Lipinski definition) is 10. The Morgan fingerprint density at radius 3 is 1.53 bits per heavy atom. The van der Waals surface area contributed by atoms with Crippen molar-refractivity contribution in [1.82, 2.24) is 29.4 Å². The lowest BCUT2D eigenvalue weighted by atomic mass is 10.0. The fourth-order valence-electron chi connectivity index (χ4n) is 7.98. The molecule has 0 unspecified atom stereocenters. The summed E-state index contributed by atoms with van der Waals surface area (Å²) in [5.41, 5.74) is 10.9. The van der Waals surface area contributed by atoms with Gasteiger partial charge in [0.2, 0.25) is 0 Å². The number of carboxylic acids is 2. The molecule has 5 aromatic heterocycles. The quantitative estimate of drug-likeness (QED) is 0.0937. The van der Waals surface area contributed by atoms with E-state index in [0.717, 1.165) is 58.3 Å². The Bertz CT molecular complexity index is 3350. The van der Waals surface area contributed by atoms with E-state index in [0.29, 0.717) is 36.3 Å². The van der Waals surface area contributed by atoms with Crippen LogP contribution in [0.15, 0.2) is 176 Å². The van der Waals surface area contributed by atoms with Gasteiger partial charge in [-0.3, -0.25) is 24.7 Å². The van der Waals surface area contributed by atoms with Gasteiger partial charge in [0.15, 0.2) is 0 Å². The highest BCUT2D eigenvalue weighted by Gasteiger charge is 2.19. The van der Waals surface area contributed by atoms with Crippen LogP contribution in [-0.4, -0.2) is 85.8 Å². The second kappa shape index (κ2) is 28.9. The smallest absolute Gasteiger partial charge is 0.337 e. The van der Waals surface area contributed by atoms with Crippen LogP contribution < -0.4 is 14.2 Å². The van der Waals surface area contributed by atoms with E-state index < -0.39 is 11.9 Å². The first-order chi connectivity index (χ1) is 37.3. The second-order valence-electron chi connectivity index (χ2n) is 17.7. The molecular formula is C63H64N6O8. The zero-order valence-electron chi connectivity index (χ0n) is 44.5. The number of amides is 1. The Morgan fingerprint density at radius 2 is 1.03 bits per heavy atom. The third kappa shape index (κ3) is 16.8. The first-order valence-corrected chi connectivity index (χ1v) is 24.8. The third-order valence-electron chi connectivity index (χ3n) is 12.5. The normalized spacial score (nSPS) is 10.5. The molecular weight excluding hydrogens is 969 g/mol. The number of fused-ring (bicyclic) bond motifs is 1. The molecule has 0 aliphatic rings. The molecule has 0 saturated heterocycles. The van der Waals surface area contributed by atoms with E-state index in [1.807, 2.05) is 124 Å². The van der Waals surface area contributed by atoms with Crippen molar-refractivity contribution in [3.8, 4) is 17.2 Å². The van der Waals surface area contributed by atoms with Gasteiger partial charge in [0, 0.05) is 55.8 Å². The molecule has 2 N–H and O–H groups in total. The second-order valence-corrected chi connectivity index (χ2v) is 17.7. The molecule has 4 aromatic carbocycles. The number of carboxylic acid groups (broad SMARTS) is 2. The van der Waals surface area contributed by atoms with Crippen molar-refractivity contribution >= 4 is 40.9 Å². The van der Waals surface area contributed by atoms with E-state index in [-0.39, 0.29) is 17.0 Å². The van der Waals surface area contributed by atoms with Crippen molar-refractivity contribution < 1.29 is 38.8 Å². The Kier molecular flexibility index (Phi) is 21.3. The van der Waals surface area contributed by atoms with E-state index in [1.54, 1.807) is 69.1 Å². The standard InChI is InChI=1S/C26H27N3O2.C15H15NO3.C15H13NO3.C7H9N/c1-28(18-21-17-20-7-4-5-9-25(20)29(21)2)26(30)23-8-6-16-27-24(23)15-12-19-10-13-22(31-3)14-11-19;2*1-19-12-7-4-11(5-8-12)6-9-14-13(15(17)18)3-2-10-16-14;1-6-4-3-5-8-7(6)2/h4-11,13-14,16-17H,12,15,18H2,1-3H3;2-5,7-8,10H,6,9H2,1H3,(H,17,18);2-10H,1H3,(H,17,18);3-5H,1-2H3/b;;9-6+;. The van der Waals surface area contributed by atoms with E-state index in [4.69, 9.17) is 24.4 Å². The van der Waals surface area contributed by atoms with Crippen molar-refractivity contribution in [2.24, 2.45) is 7.05 Å². The summed E-state index contributed by atoms with van der Waals surface area (Å²) in [6, 6.07) is 47.7. The molecule has 0 atom stereocenters. The van der Waals surface area contributed by atoms with Crippen LogP contribution in [0.1, 0.15) is 81.8 Å². The first kappa shape index (κ1) is 56.9. The zero-order chi connectivity index (χ0) is 55.1. The molecule has 14 nitrogen and oxygen atoms in total. The molecule has 5 heterocycles. The Balaban J connectivity index is 0.000000181. The van der Waals surface area contributed by atoms with Crippen LogP contribution >= 0.6 is 0 Å². The largest absolute Gasteiger partial charge is 0.497 e. The summed E-state index contributed by atoms with van der Waals surface area (Å²) in [4.78, 5) is 53.9. The summed E-state index contributed by atoms with van der Waals surface area (Å²) in [5.74, 6) is 0.504. The van der Waals surface area contributed by atoms with E-state index in [1.165, 1.54) is 28.1 Å². The Hall–Kier alpha value is -9.43. The molecule has 0 bridgehead atoms. The third-order valence-corrected chi connectivity index (χ3v) is 12.5. The van der Waals surface area contributed by atoms with Crippen molar-refractivity contribution in [2.75, 3.05) is 28.4 Å². The number of aromatic nitrogens is 5. The average Bonchev–Trinajstić information content (AvgIpc) is 3.79. The number of rotatable bonds is 16. The molecule has 9 rings (SSSR count). The summed E-state index contributed by atoms with van der Waals surface area (Å²) < 4.78 is 17.5. The monoisotopic (exact) mass is 1030 g/mol. The predicted octanol–water partition coefficient (Wildman–Crippen LogP) is 11.9. The van der Waals surface area contributed by atoms with Gasteiger partial charge in [-0.15, -0.1) is 0 Å². The number of methoxy groups -OCH3 is 3. The van der Waals surface area contributed by atoms with E-state index in [9.17, 15) is 14.4 Å². The van der Waals surface area contributed by atoms with Crippen LogP contribution in [0.4, 0.5) is 0 Å². The number of nitrogens with zero attached hydrogens (tertiary/aromatic N) is 6. The molecule has 14 heteroatoms. The minimum absolute atomic E-state index is 0.0110. The maximum Gasteiger partial charge on any atom is 0.337 e. The number of ether oxygens (including phenoxy) is 3. The maximum atomic E-state index is 13.3. The summed E-state index contributed by atoms with van der Waals surface area (Å²) in [6.45, 7) is 4.61. The molecule has 0 aliphatic heterocycles. The van der Waals surface area contributed by atoms with Crippen LogP contribution in [0.25, 0.3) is 23.1 Å². The van der Waals surface area contributed by atoms with Gasteiger partial charge in [-0.1, -0.05) is 66.7 Å². The van der Waals surface area contributed by atoms with Crippen molar-refractivity contribution in [3.05, 3.63) is 244 Å². The number of carbonyl (C=O) groups is 3. The number of hydrogen-bond donors (Lipinski definition) is 2. The Morgan fingerprint density at radius 1 is 0.545 bits per heavy atom. The van der Waals surface area contributed by atoms with E-state index in [2.05, 4.69) is 67.8 Å². The molecule has 394 valence electrons. The van der Waals surface area contributed by atoms with Crippen LogP contribution in [0.5, 0.6) is 17.2 Å². The fourth-order valence-corrected chi connectivity index (χ4v) is 7.98. The van der Waals surface area contributed by atoms with Gasteiger partial charge < -0.3 is 33.9 Å². The number of benzene rings is 4. The lowest BCUT2D eigenvalue weighted by Crippen LogP contribution is -2.28. The van der Waals surface area contributed by atoms with Gasteiger partial charge in [0.25, 0.3) is 5.91 Å². The number of para-hydroxylation sites is 1. The molecule has 1 amide bonds. The highest BCUT2D eigenvalue weighted by Crippen LogP contribution is 2.22. The van der Waals surface area contributed by atoms with Gasteiger partial charge in [0.1, 0.15) is 17.2 Å². The van der Waals surface area contributed by atoms with Crippen LogP contribution in [0, 0.1) is 13.8 Å². The summed E-state index contributed by atoms with van der Waals surface area (Å²) >= 11 is 0. The minimum Gasteiger partial charge on any atom is -0.497 e. The molecule has 0 radical (unpaired) electrons. The highest BCUT2D eigenvalue weighted by molar-refractivity contribution is 5.95. The molecule has 0 spiro atoms. The van der Waals surface area contributed by atoms with Gasteiger partial charge in [-0.05, 0) is 164 Å². The van der Waals surface area contributed by atoms with Crippen molar-refractivity contribution in [3.63, 3.8) is 0 Å². The van der Waals surface area contributed by atoms with Gasteiger partial charge in [0.05, 0.1) is 61.6 Å². The van der Waals surface area contributed by atoms with Crippen LogP contribution in [0.2, 0.25) is 0 Å². The minimum atomic E-state index is -0.984. The number of pyridine rings is 4. The summed E-state index contributed by atoms with van der Waals surface area (Å²) in [6.07, 6.45) is 13.1. The lowest BCUT2D eigenvalue weighted by Gasteiger charge is -2.19. The SMILES string of the molecule is COc1ccc(/C=C/c2ncccc2C(=O)O)cc1.COc1ccc(CCc2ncccc2C(=O)N(C)Cc2cc3ccccc3n2C)cc1.COc1ccc(CCc2ncccc2C(=O)O)cc1.Cc1cccnc1C.